The predicted octanol–water partition coefficient (Wildman–Crippen LogP) is 2.65. The lowest BCUT2D eigenvalue weighted by Gasteiger charge is -2.26. The quantitative estimate of drug-likeness (QED) is 0.534. The fourth-order valence-electron chi connectivity index (χ4n) is 2.14. The molecule has 0 spiro atoms. The van der Waals surface area contributed by atoms with Gasteiger partial charge in [0.15, 0.2) is 5.96 Å². The Kier molecular flexibility index (Phi) is 8.22. The van der Waals surface area contributed by atoms with Gasteiger partial charge in [0.25, 0.3) is 0 Å². The van der Waals surface area contributed by atoms with E-state index < -0.39 is 9.84 Å². The van der Waals surface area contributed by atoms with E-state index in [-0.39, 0.29) is 11.2 Å². The molecule has 0 saturated heterocycles. The second kappa shape index (κ2) is 9.42. The summed E-state index contributed by atoms with van der Waals surface area (Å²) >= 11 is 1.77. The zero-order valence-electron chi connectivity index (χ0n) is 15.5. The number of thiophene rings is 1. The fourth-order valence-corrected chi connectivity index (χ4v) is 3.76. The second-order valence-electron chi connectivity index (χ2n) is 6.97. The van der Waals surface area contributed by atoms with E-state index in [4.69, 9.17) is 4.99 Å². The van der Waals surface area contributed by atoms with Crippen LogP contribution in [0.15, 0.2) is 22.5 Å². The molecule has 0 atom stereocenters. The Bertz CT molecular complexity index is 608. The molecular formula is C17H31N3O2S2. The van der Waals surface area contributed by atoms with Crippen LogP contribution in [0.3, 0.4) is 0 Å². The van der Waals surface area contributed by atoms with E-state index in [1.807, 2.05) is 7.05 Å². The molecule has 0 saturated carbocycles. The highest BCUT2D eigenvalue weighted by atomic mass is 32.2. The summed E-state index contributed by atoms with van der Waals surface area (Å²) in [5, 5.41) is 5.41. The van der Waals surface area contributed by atoms with Crippen LogP contribution in [-0.4, -0.2) is 58.0 Å². The van der Waals surface area contributed by atoms with E-state index in [9.17, 15) is 8.42 Å². The van der Waals surface area contributed by atoms with Crippen molar-refractivity contribution in [2.24, 2.45) is 10.4 Å². The van der Waals surface area contributed by atoms with E-state index in [1.165, 1.54) is 11.1 Å². The Labute approximate surface area is 151 Å². The summed E-state index contributed by atoms with van der Waals surface area (Å²) in [7, 11) is -0.889. The van der Waals surface area contributed by atoms with Gasteiger partial charge in [-0.2, -0.15) is 0 Å². The van der Waals surface area contributed by atoms with Gasteiger partial charge in [0.1, 0.15) is 9.84 Å². The molecule has 7 heteroatoms. The third kappa shape index (κ3) is 8.68. The first-order valence-corrected chi connectivity index (χ1v) is 11.3. The van der Waals surface area contributed by atoms with Crippen LogP contribution in [0, 0.1) is 5.41 Å². The van der Waals surface area contributed by atoms with E-state index in [0.717, 1.165) is 25.5 Å². The maximum atomic E-state index is 11.4. The number of aliphatic imine (C=N–C) groups is 1. The van der Waals surface area contributed by atoms with Gasteiger partial charge in [-0.15, -0.1) is 11.3 Å². The highest BCUT2D eigenvalue weighted by molar-refractivity contribution is 7.90. The summed E-state index contributed by atoms with van der Waals surface area (Å²) in [4.78, 5) is 8.23. The van der Waals surface area contributed by atoms with Crippen LogP contribution in [0.25, 0.3) is 0 Å². The SMILES string of the molecule is CCNC(=NCC(C)(C)CCS(C)(=O)=O)N(C)CCc1cccs1. The number of guanidine groups is 1. The molecule has 0 amide bonds. The largest absolute Gasteiger partial charge is 0.357 e. The van der Waals surface area contributed by atoms with Crippen molar-refractivity contribution in [3.05, 3.63) is 22.4 Å². The molecule has 0 aliphatic carbocycles. The summed E-state index contributed by atoms with van der Waals surface area (Å²) < 4.78 is 22.7. The van der Waals surface area contributed by atoms with E-state index in [0.29, 0.717) is 13.0 Å². The first-order valence-electron chi connectivity index (χ1n) is 8.32. The molecule has 0 bridgehead atoms. The molecule has 0 aromatic carbocycles. The molecule has 0 unspecified atom stereocenters. The first-order chi connectivity index (χ1) is 11.1. The van der Waals surface area contributed by atoms with Gasteiger partial charge in [-0.3, -0.25) is 4.99 Å². The minimum absolute atomic E-state index is 0.141. The zero-order valence-corrected chi connectivity index (χ0v) is 17.1. The van der Waals surface area contributed by atoms with E-state index >= 15 is 0 Å². The van der Waals surface area contributed by atoms with Crippen molar-refractivity contribution in [3.63, 3.8) is 0 Å². The van der Waals surface area contributed by atoms with Crippen LogP contribution in [0.5, 0.6) is 0 Å². The van der Waals surface area contributed by atoms with Crippen LogP contribution >= 0.6 is 11.3 Å². The molecule has 138 valence electrons. The number of sulfone groups is 1. The van der Waals surface area contributed by atoms with Crippen molar-refractivity contribution >= 4 is 27.1 Å². The van der Waals surface area contributed by atoms with Crippen LogP contribution in [0.2, 0.25) is 0 Å². The third-order valence-electron chi connectivity index (χ3n) is 3.78. The monoisotopic (exact) mass is 373 g/mol. The average Bonchev–Trinajstić information content (AvgIpc) is 3.00. The van der Waals surface area contributed by atoms with Crippen molar-refractivity contribution in [2.75, 3.05) is 38.7 Å². The van der Waals surface area contributed by atoms with Crippen molar-refractivity contribution in [3.8, 4) is 0 Å². The van der Waals surface area contributed by atoms with Gasteiger partial charge in [-0.05, 0) is 36.6 Å². The van der Waals surface area contributed by atoms with Gasteiger partial charge < -0.3 is 10.2 Å². The Morgan fingerprint density at radius 3 is 2.67 bits per heavy atom. The summed E-state index contributed by atoms with van der Waals surface area (Å²) in [6, 6.07) is 4.22. The second-order valence-corrected chi connectivity index (χ2v) is 10.3. The van der Waals surface area contributed by atoms with Gasteiger partial charge >= 0.3 is 0 Å². The van der Waals surface area contributed by atoms with E-state index in [1.54, 1.807) is 11.3 Å². The van der Waals surface area contributed by atoms with Gasteiger partial charge in [0, 0.05) is 37.8 Å². The van der Waals surface area contributed by atoms with Gasteiger partial charge in [0.2, 0.25) is 0 Å². The lowest BCUT2D eigenvalue weighted by atomic mass is 9.90. The highest BCUT2D eigenvalue weighted by Gasteiger charge is 2.20. The van der Waals surface area contributed by atoms with Crippen LogP contribution in [-0.2, 0) is 16.3 Å². The highest BCUT2D eigenvalue weighted by Crippen LogP contribution is 2.21. The standard InChI is InChI=1S/C17H31N3O2S2/c1-6-18-16(20(4)11-9-15-8-7-12-23-15)19-14-17(2,3)10-13-24(5,21)22/h7-8,12H,6,9-11,13-14H2,1-5H3,(H,18,19). The molecule has 1 heterocycles. The number of rotatable bonds is 9. The number of hydrogen-bond donors (Lipinski definition) is 1. The zero-order chi connectivity index (χ0) is 18.2. The summed E-state index contributed by atoms with van der Waals surface area (Å²) in [6.45, 7) is 8.50. The van der Waals surface area contributed by atoms with Crippen molar-refractivity contribution < 1.29 is 8.42 Å². The van der Waals surface area contributed by atoms with Crippen LogP contribution in [0.1, 0.15) is 32.1 Å². The molecule has 1 N–H and O–H groups in total. The van der Waals surface area contributed by atoms with Crippen molar-refractivity contribution in [2.45, 2.75) is 33.6 Å². The smallest absolute Gasteiger partial charge is 0.193 e. The molecule has 0 aliphatic rings. The molecule has 0 fully saturated rings. The number of likely N-dealkylation sites (N-methyl/N-ethyl adjacent to an activating group) is 1. The molecule has 24 heavy (non-hydrogen) atoms. The molecule has 0 radical (unpaired) electrons. The Balaban J connectivity index is 2.62. The maximum Gasteiger partial charge on any atom is 0.193 e. The minimum Gasteiger partial charge on any atom is -0.357 e. The molecule has 1 aromatic heterocycles. The number of nitrogens with one attached hydrogen (secondary N) is 1. The lowest BCUT2D eigenvalue weighted by Crippen LogP contribution is -2.40. The summed E-state index contributed by atoms with van der Waals surface area (Å²) in [5.74, 6) is 1.08. The number of nitrogens with zero attached hydrogens (tertiary/aromatic N) is 2. The third-order valence-corrected chi connectivity index (χ3v) is 5.66. The minimum atomic E-state index is -2.93. The van der Waals surface area contributed by atoms with Crippen LogP contribution < -0.4 is 5.32 Å². The number of hydrogen-bond acceptors (Lipinski definition) is 4. The first kappa shape index (κ1) is 21.0. The Morgan fingerprint density at radius 1 is 1.42 bits per heavy atom. The maximum absolute atomic E-state index is 11.4. The topological polar surface area (TPSA) is 61.8 Å². The average molecular weight is 374 g/mol. The molecule has 5 nitrogen and oxygen atoms in total. The van der Waals surface area contributed by atoms with Gasteiger partial charge in [0.05, 0.1) is 5.75 Å². The summed E-state index contributed by atoms with van der Waals surface area (Å²) in [5.41, 5.74) is -0.141. The molecule has 1 rings (SSSR count). The molecule has 1 aromatic rings. The van der Waals surface area contributed by atoms with Crippen molar-refractivity contribution in [1.82, 2.24) is 10.2 Å². The van der Waals surface area contributed by atoms with Crippen molar-refractivity contribution in [1.29, 1.82) is 0 Å². The fraction of sp³-hybridized carbons (Fsp3) is 0.706. The molecular weight excluding hydrogens is 342 g/mol. The Morgan fingerprint density at radius 2 is 2.12 bits per heavy atom. The van der Waals surface area contributed by atoms with E-state index in [2.05, 4.69) is 48.5 Å². The molecule has 0 aliphatic heterocycles. The van der Waals surface area contributed by atoms with Gasteiger partial charge in [-0.1, -0.05) is 19.9 Å². The normalized spacial score (nSPS) is 13.1. The lowest BCUT2D eigenvalue weighted by molar-refractivity contribution is 0.361. The predicted molar refractivity (Wildman–Crippen MR) is 105 cm³/mol. The Hall–Kier alpha value is -1.08. The summed E-state index contributed by atoms with van der Waals surface area (Å²) in [6.07, 6.45) is 2.90. The van der Waals surface area contributed by atoms with Gasteiger partial charge in [-0.25, -0.2) is 8.42 Å². The van der Waals surface area contributed by atoms with Crippen LogP contribution in [0.4, 0.5) is 0 Å².